The number of fused-ring (bicyclic) bond motifs is 1. The van der Waals surface area contributed by atoms with Gasteiger partial charge in [0.1, 0.15) is 0 Å². The first-order chi connectivity index (χ1) is 8.66. The largest absolute Gasteiger partial charge is 0.352 e. The molecule has 2 heteroatoms. The Hall–Kier alpha value is -1.18. The lowest BCUT2D eigenvalue weighted by molar-refractivity contribution is 0.394. The van der Waals surface area contributed by atoms with Crippen molar-refractivity contribution in [3.05, 3.63) is 24.3 Å². The average Bonchev–Trinajstić information content (AvgIpc) is 2.53. The predicted octanol–water partition coefficient (Wildman–Crippen LogP) is 4.36. The van der Waals surface area contributed by atoms with Gasteiger partial charge in [0.15, 0.2) is 0 Å². The van der Waals surface area contributed by atoms with Crippen LogP contribution in [0.1, 0.15) is 41.5 Å². The van der Waals surface area contributed by atoms with Gasteiger partial charge < -0.3 is 9.80 Å². The highest BCUT2D eigenvalue weighted by Gasteiger charge is 2.30. The Morgan fingerprint density at radius 1 is 0.789 bits per heavy atom. The van der Waals surface area contributed by atoms with Crippen LogP contribution in [0.25, 0.3) is 0 Å². The average molecular weight is 260 g/mol. The van der Waals surface area contributed by atoms with Gasteiger partial charge in [-0.15, -0.1) is 0 Å². The van der Waals surface area contributed by atoms with Crippen molar-refractivity contribution >= 4 is 11.4 Å². The van der Waals surface area contributed by atoms with Gasteiger partial charge in [-0.3, -0.25) is 0 Å². The van der Waals surface area contributed by atoms with Gasteiger partial charge in [0, 0.05) is 13.1 Å². The lowest BCUT2D eigenvalue weighted by Crippen LogP contribution is -2.39. The van der Waals surface area contributed by atoms with Crippen molar-refractivity contribution < 1.29 is 0 Å². The smallest absolute Gasteiger partial charge is 0.0904 e. The van der Waals surface area contributed by atoms with Crippen LogP contribution in [0, 0.1) is 10.8 Å². The van der Waals surface area contributed by atoms with Gasteiger partial charge in [-0.1, -0.05) is 53.7 Å². The quantitative estimate of drug-likeness (QED) is 0.779. The topological polar surface area (TPSA) is 6.48 Å². The monoisotopic (exact) mass is 260 g/mol. The Morgan fingerprint density at radius 2 is 1.16 bits per heavy atom. The zero-order valence-corrected chi connectivity index (χ0v) is 13.3. The number of rotatable bonds is 2. The molecule has 0 bridgehead atoms. The van der Waals surface area contributed by atoms with Crippen molar-refractivity contribution in [2.75, 3.05) is 29.6 Å². The van der Waals surface area contributed by atoms with Crippen molar-refractivity contribution in [1.82, 2.24) is 0 Å². The zero-order valence-electron chi connectivity index (χ0n) is 13.3. The molecule has 0 N–H and O–H groups in total. The first-order valence-corrected chi connectivity index (χ1v) is 7.25. The van der Waals surface area contributed by atoms with Gasteiger partial charge >= 0.3 is 0 Å². The molecule has 2 nitrogen and oxygen atoms in total. The van der Waals surface area contributed by atoms with Crippen molar-refractivity contribution in [3.63, 3.8) is 0 Å². The molecule has 19 heavy (non-hydrogen) atoms. The fourth-order valence-corrected chi connectivity index (χ4v) is 2.77. The third-order valence-corrected chi connectivity index (χ3v) is 3.23. The molecule has 0 atom stereocenters. The van der Waals surface area contributed by atoms with E-state index in [1.54, 1.807) is 0 Å². The van der Waals surface area contributed by atoms with Crippen LogP contribution < -0.4 is 9.80 Å². The molecule has 1 aromatic rings. The van der Waals surface area contributed by atoms with Crippen molar-refractivity contribution in [2.45, 2.75) is 41.5 Å². The van der Waals surface area contributed by atoms with Crippen LogP contribution in [0.3, 0.4) is 0 Å². The van der Waals surface area contributed by atoms with E-state index < -0.39 is 0 Å². The molecular formula is C17H28N2. The lowest BCUT2D eigenvalue weighted by Gasteiger charge is -2.31. The number of anilines is 2. The maximum atomic E-state index is 2.51. The van der Waals surface area contributed by atoms with Crippen LogP contribution in [0.15, 0.2) is 24.3 Å². The van der Waals surface area contributed by atoms with Crippen LogP contribution >= 0.6 is 0 Å². The predicted molar refractivity (Wildman–Crippen MR) is 84.9 cm³/mol. The molecule has 1 aliphatic heterocycles. The molecular weight excluding hydrogens is 232 g/mol. The standard InChI is InChI=1S/C17H28N2/c1-16(2,3)11-18-13-19(12-17(4,5)6)15-10-8-7-9-14(15)18/h7-10H,11-13H2,1-6H3. The molecule has 0 radical (unpaired) electrons. The molecule has 0 saturated carbocycles. The Balaban J connectivity index is 2.23. The van der Waals surface area contributed by atoms with Crippen LogP contribution in [-0.2, 0) is 0 Å². The Kier molecular flexibility index (Phi) is 3.55. The highest BCUT2D eigenvalue weighted by Crippen LogP contribution is 2.38. The van der Waals surface area contributed by atoms with E-state index in [2.05, 4.69) is 75.6 Å². The van der Waals surface area contributed by atoms with Gasteiger partial charge in [0.2, 0.25) is 0 Å². The minimum absolute atomic E-state index is 0.324. The summed E-state index contributed by atoms with van der Waals surface area (Å²) < 4.78 is 0. The SMILES string of the molecule is CC(C)(C)CN1CN(CC(C)(C)C)c2ccccc21. The number of hydrogen-bond donors (Lipinski definition) is 0. The van der Waals surface area contributed by atoms with E-state index in [4.69, 9.17) is 0 Å². The maximum absolute atomic E-state index is 2.51. The fourth-order valence-electron chi connectivity index (χ4n) is 2.77. The van der Waals surface area contributed by atoms with Gasteiger partial charge in [0.25, 0.3) is 0 Å². The first kappa shape index (κ1) is 14.2. The zero-order chi connectivity index (χ0) is 14.3. The molecule has 0 fully saturated rings. The second kappa shape index (κ2) is 4.73. The van der Waals surface area contributed by atoms with E-state index in [9.17, 15) is 0 Å². The summed E-state index contributed by atoms with van der Waals surface area (Å²) in [5.41, 5.74) is 3.43. The third kappa shape index (κ3) is 3.65. The van der Waals surface area contributed by atoms with Gasteiger partial charge in [0.05, 0.1) is 18.0 Å². The second-order valence-electron chi connectivity index (χ2n) is 8.15. The molecule has 0 aromatic heterocycles. The number of benzene rings is 1. The lowest BCUT2D eigenvalue weighted by atomic mass is 9.96. The Bertz CT molecular complexity index is 396. The summed E-state index contributed by atoms with van der Waals surface area (Å²) in [6.07, 6.45) is 0. The molecule has 106 valence electrons. The van der Waals surface area contributed by atoms with E-state index in [1.165, 1.54) is 11.4 Å². The Morgan fingerprint density at radius 3 is 1.47 bits per heavy atom. The molecule has 1 heterocycles. The van der Waals surface area contributed by atoms with Crippen LogP contribution in [-0.4, -0.2) is 19.8 Å². The molecule has 2 rings (SSSR count). The minimum Gasteiger partial charge on any atom is -0.352 e. The van der Waals surface area contributed by atoms with Crippen LogP contribution in [0.2, 0.25) is 0 Å². The van der Waals surface area contributed by atoms with Crippen molar-refractivity contribution in [1.29, 1.82) is 0 Å². The van der Waals surface area contributed by atoms with Gasteiger partial charge in [-0.05, 0) is 23.0 Å². The number of nitrogens with zero attached hydrogens (tertiary/aromatic N) is 2. The van der Waals surface area contributed by atoms with E-state index in [1.807, 2.05) is 0 Å². The normalized spacial score (nSPS) is 15.9. The summed E-state index contributed by atoms with van der Waals surface area (Å²) in [6, 6.07) is 8.80. The summed E-state index contributed by atoms with van der Waals surface area (Å²) in [4.78, 5) is 5.03. The van der Waals surface area contributed by atoms with E-state index in [0.29, 0.717) is 10.8 Å². The first-order valence-electron chi connectivity index (χ1n) is 7.25. The molecule has 0 amide bonds. The third-order valence-electron chi connectivity index (χ3n) is 3.23. The van der Waals surface area contributed by atoms with Gasteiger partial charge in [-0.2, -0.15) is 0 Å². The molecule has 0 unspecified atom stereocenters. The van der Waals surface area contributed by atoms with E-state index in [-0.39, 0.29) is 0 Å². The van der Waals surface area contributed by atoms with Crippen LogP contribution in [0.5, 0.6) is 0 Å². The maximum Gasteiger partial charge on any atom is 0.0904 e. The highest BCUT2D eigenvalue weighted by atomic mass is 15.4. The van der Waals surface area contributed by atoms with E-state index in [0.717, 1.165) is 19.8 Å². The highest BCUT2D eigenvalue weighted by molar-refractivity contribution is 5.76. The van der Waals surface area contributed by atoms with E-state index >= 15 is 0 Å². The molecule has 1 aliphatic rings. The summed E-state index contributed by atoms with van der Waals surface area (Å²) in [7, 11) is 0. The molecule has 1 aromatic carbocycles. The summed E-state index contributed by atoms with van der Waals surface area (Å²) in [5.74, 6) is 0. The second-order valence-corrected chi connectivity index (χ2v) is 8.15. The van der Waals surface area contributed by atoms with Crippen LogP contribution in [0.4, 0.5) is 11.4 Å². The molecule has 0 aliphatic carbocycles. The summed E-state index contributed by atoms with van der Waals surface area (Å²) in [6.45, 7) is 17.1. The fraction of sp³-hybridized carbons (Fsp3) is 0.647. The van der Waals surface area contributed by atoms with Gasteiger partial charge in [-0.25, -0.2) is 0 Å². The molecule has 0 saturated heterocycles. The summed E-state index contributed by atoms with van der Waals surface area (Å²) >= 11 is 0. The number of para-hydroxylation sites is 2. The van der Waals surface area contributed by atoms with Crippen molar-refractivity contribution in [2.24, 2.45) is 10.8 Å². The summed E-state index contributed by atoms with van der Waals surface area (Å²) in [5, 5.41) is 0. The Labute approximate surface area is 118 Å². The minimum atomic E-state index is 0.324. The number of hydrogen-bond acceptors (Lipinski definition) is 2. The van der Waals surface area contributed by atoms with Crippen molar-refractivity contribution in [3.8, 4) is 0 Å². The molecule has 0 spiro atoms.